The summed E-state index contributed by atoms with van der Waals surface area (Å²) in [6.45, 7) is 6.26. The summed E-state index contributed by atoms with van der Waals surface area (Å²) in [6.07, 6.45) is 10.6. The predicted octanol–water partition coefficient (Wildman–Crippen LogP) is 3.96. The molecule has 1 aliphatic carbocycles. The Morgan fingerprint density at radius 3 is 2.44 bits per heavy atom. The Bertz CT molecular complexity index is 816. The van der Waals surface area contributed by atoms with E-state index in [4.69, 9.17) is 4.98 Å². The molecule has 144 valence electrons. The van der Waals surface area contributed by atoms with Crippen molar-refractivity contribution >= 4 is 17.7 Å². The van der Waals surface area contributed by atoms with Gasteiger partial charge in [0.05, 0.1) is 6.10 Å². The summed E-state index contributed by atoms with van der Waals surface area (Å²) in [4.78, 5) is 17.5. The van der Waals surface area contributed by atoms with Crippen LogP contribution in [-0.4, -0.2) is 39.4 Å². The maximum atomic E-state index is 10.4. The molecular formula is C21H28N4OS. The minimum Gasteiger partial charge on any atom is -0.388 e. The monoisotopic (exact) mass is 384 g/mol. The van der Waals surface area contributed by atoms with E-state index >= 15 is 0 Å². The normalized spacial score (nSPS) is 20.6. The van der Waals surface area contributed by atoms with Crippen molar-refractivity contribution in [3.05, 3.63) is 40.5 Å². The molecule has 2 aromatic heterocycles. The fraction of sp³-hybridized carbons (Fsp3) is 0.571. The average molecular weight is 385 g/mol. The Kier molecular flexibility index (Phi) is 5.37. The van der Waals surface area contributed by atoms with Crippen LogP contribution < -0.4 is 4.90 Å². The van der Waals surface area contributed by atoms with Gasteiger partial charge in [-0.25, -0.2) is 9.97 Å². The number of hydrogen-bond donors (Lipinski definition) is 1. The van der Waals surface area contributed by atoms with Crippen LogP contribution in [0, 0.1) is 13.8 Å². The van der Waals surface area contributed by atoms with Crippen molar-refractivity contribution in [2.24, 2.45) is 0 Å². The summed E-state index contributed by atoms with van der Waals surface area (Å²) in [5, 5.41) is 10.4. The van der Waals surface area contributed by atoms with Crippen LogP contribution in [0.1, 0.15) is 65.8 Å². The van der Waals surface area contributed by atoms with Gasteiger partial charge in [-0.1, -0.05) is 0 Å². The number of rotatable bonds is 3. The second kappa shape index (κ2) is 7.76. The summed E-state index contributed by atoms with van der Waals surface area (Å²) < 4.78 is 0. The summed E-state index contributed by atoms with van der Waals surface area (Å²) in [6, 6.07) is 0. The molecule has 1 saturated heterocycles. The van der Waals surface area contributed by atoms with E-state index in [0.29, 0.717) is 5.92 Å². The third kappa shape index (κ3) is 3.57. The van der Waals surface area contributed by atoms with Gasteiger partial charge in [-0.3, -0.25) is 4.98 Å². The molecule has 0 radical (unpaired) electrons. The van der Waals surface area contributed by atoms with Gasteiger partial charge in [0.15, 0.2) is 0 Å². The van der Waals surface area contributed by atoms with Gasteiger partial charge in [-0.15, -0.1) is 11.8 Å². The van der Waals surface area contributed by atoms with E-state index in [0.717, 1.165) is 67.3 Å². The molecule has 2 aromatic rings. The van der Waals surface area contributed by atoms with Crippen LogP contribution in [0.2, 0.25) is 0 Å². The number of nitrogens with zero attached hydrogens (tertiary/aromatic N) is 4. The summed E-state index contributed by atoms with van der Waals surface area (Å²) >= 11 is 1.67. The van der Waals surface area contributed by atoms with E-state index in [1.807, 2.05) is 18.6 Å². The molecule has 0 saturated carbocycles. The lowest BCUT2D eigenvalue weighted by Crippen LogP contribution is -2.34. The summed E-state index contributed by atoms with van der Waals surface area (Å²) in [5.41, 5.74) is 6.00. The Morgan fingerprint density at radius 1 is 1.07 bits per heavy atom. The number of aliphatic hydroxyl groups is 1. The number of fused-ring (bicyclic) bond motifs is 1. The molecule has 4 rings (SSSR count). The number of aliphatic hydroxyl groups excluding tert-OH is 1. The maximum Gasteiger partial charge on any atom is 0.225 e. The van der Waals surface area contributed by atoms with Crippen molar-refractivity contribution in [1.29, 1.82) is 0 Å². The molecule has 0 amide bonds. The van der Waals surface area contributed by atoms with Gasteiger partial charge in [0, 0.05) is 53.2 Å². The predicted molar refractivity (Wildman–Crippen MR) is 110 cm³/mol. The topological polar surface area (TPSA) is 62.1 Å². The molecule has 1 N–H and O–H groups in total. The minimum absolute atomic E-state index is 0.336. The molecule has 0 bridgehead atoms. The molecule has 3 heterocycles. The highest BCUT2D eigenvalue weighted by Gasteiger charge is 2.29. The highest BCUT2D eigenvalue weighted by atomic mass is 32.2. The van der Waals surface area contributed by atoms with Crippen molar-refractivity contribution in [3.63, 3.8) is 0 Å². The van der Waals surface area contributed by atoms with Gasteiger partial charge in [-0.05, 0) is 63.3 Å². The SMILES string of the molecule is CSc1cnc(N2CCC(c3nc4c(c(C)c3C)C(O)CCC4)CC2)nc1. The van der Waals surface area contributed by atoms with Crippen LogP contribution in [0.4, 0.5) is 5.95 Å². The van der Waals surface area contributed by atoms with Gasteiger partial charge in [0.25, 0.3) is 0 Å². The number of aryl methyl sites for hydroxylation is 1. The third-order valence-electron chi connectivity index (χ3n) is 6.16. The molecule has 1 fully saturated rings. The molecule has 0 aromatic carbocycles. The summed E-state index contributed by atoms with van der Waals surface area (Å²) in [5.74, 6) is 1.32. The molecule has 5 nitrogen and oxygen atoms in total. The van der Waals surface area contributed by atoms with Crippen molar-refractivity contribution in [1.82, 2.24) is 15.0 Å². The zero-order valence-corrected chi connectivity index (χ0v) is 17.2. The molecule has 0 spiro atoms. The van der Waals surface area contributed by atoms with Crippen molar-refractivity contribution in [3.8, 4) is 0 Å². The van der Waals surface area contributed by atoms with E-state index < -0.39 is 0 Å². The molecule has 6 heteroatoms. The van der Waals surface area contributed by atoms with Crippen molar-refractivity contribution in [2.75, 3.05) is 24.2 Å². The van der Waals surface area contributed by atoms with Crippen LogP contribution in [0.25, 0.3) is 0 Å². The second-order valence-electron chi connectivity index (χ2n) is 7.70. The first-order chi connectivity index (χ1) is 13.1. The van der Waals surface area contributed by atoms with E-state index in [9.17, 15) is 5.11 Å². The maximum absolute atomic E-state index is 10.4. The quantitative estimate of drug-likeness (QED) is 0.808. The Hall–Kier alpha value is -1.66. The Morgan fingerprint density at radius 2 is 1.78 bits per heavy atom. The molecule has 1 atom stereocenters. The lowest BCUT2D eigenvalue weighted by atomic mass is 9.84. The number of anilines is 1. The zero-order valence-electron chi connectivity index (χ0n) is 16.4. The molecule has 27 heavy (non-hydrogen) atoms. The van der Waals surface area contributed by atoms with Crippen LogP contribution in [0.15, 0.2) is 17.3 Å². The fourth-order valence-electron chi connectivity index (χ4n) is 4.47. The van der Waals surface area contributed by atoms with Crippen LogP contribution in [0.3, 0.4) is 0 Å². The lowest BCUT2D eigenvalue weighted by molar-refractivity contribution is 0.154. The lowest BCUT2D eigenvalue weighted by Gasteiger charge is -2.34. The van der Waals surface area contributed by atoms with Gasteiger partial charge in [-0.2, -0.15) is 0 Å². The fourth-order valence-corrected chi connectivity index (χ4v) is 4.78. The number of hydrogen-bond acceptors (Lipinski definition) is 6. The van der Waals surface area contributed by atoms with E-state index in [-0.39, 0.29) is 6.10 Å². The average Bonchev–Trinajstić information content (AvgIpc) is 2.71. The number of thioether (sulfide) groups is 1. The van der Waals surface area contributed by atoms with Gasteiger partial charge < -0.3 is 10.0 Å². The van der Waals surface area contributed by atoms with Gasteiger partial charge in [0.2, 0.25) is 5.95 Å². The Balaban J connectivity index is 1.52. The first kappa shape index (κ1) is 18.7. The first-order valence-corrected chi connectivity index (χ1v) is 11.1. The number of pyridine rings is 1. The Labute approximate surface area is 165 Å². The van der Waals surface area contributed by atoms with Crippen LogP contribution in [-0.2, 0) is 6.42 Å². The summed E-state index contributed by atoms with van der Waals surface area (Å²) in [7, 11) is 0. The van der Waals surface area contributed by atoms with E-state index in [1.54, 1.807) is 11.8 Å². The van der Waals surface area contributed by atoms with Crippen LogP contribution >= 0.6 is 11.8 Å². The van der Waals surface area contributed by atoms with E-state index in [1.165, 1.54) is 16.8 Å². The van der Waals surface area contributed by atoms with Crippen molar-refractivity contribution < 1.29 is 5.11 Å². The molecule has 1 unspecified atom stereocenters. The zero-order chi connectivity index (χ0) is 19.0. The minimum atomic E-state index is -0.336. The van der Waals surface area contributed by atoms with Gasteiger partial charge in [0.1, 0.15) is 0 Å². The molecule has 1 aliphatic heterocycles. The van der Waals surface area contributed by atoms with E-state index in [2.05, 4.69) is 28.7 Å². The smallest absolute Gasteiger partial charge is 0.225 e. The standard InChI is InChI=1S/C21H28N4OS/c1-13-14(2)20(24-17-5-4-6-18(26)19(13)17)15-7-9-25(10-8-15)21-22-11-16(27-3)12-23-21/h11-12,15,18,26H,4-10H2,1-3H3. The van der Waals surface area contributed by atoms with Crippen LogP contribution in [0.5, 0.6) is 0 Å². The first-order valence-electron chi connectivity index (χ1n) is 9.87. The number of piperidine rings is 1. The largest absolute Gasteiger partial charge is 0.388 e. The van der Waals surface area contributed by atoms with Crippen molar-refractivity contribution in [2.45, 2.75) is 62.9 Å². The third-order valence-corrected chi connectivity index (χ3v) is 6.84. The molecule has 2 aliphatic rings. The highest BCUT2D eigenvalue weighted by Crippen LogP contribution is 2.37. The van der Waals surface area contributed by atoms with Gasteiger partial charge >= 0.3 is 0 Å². The number of aromatic nitrogens is 3. The molecular weight excluding hydrogens is 356 g/mol. The highest BCUT2D eigenvalue weighted by molar-refractivity contribution is 7.98. The second-order valence-corrected chi connectivity index (χ2v) is 8.58.